The van der Waals surface area contributed by atoms with Crippen molar-refractivity contribution in [1.82, 2.24) is 14.8 Å². The van der Waals surface area contributed by atoms with E-state index in [-0.39, 0.29) is 17.1 Å². The Hall–Kier alpha value is -2.31. The Labute approximate surface area is 187 Å². The third-order valence-electron chi connectivity index (χ3n) is 4.85. The number of carbonyl (C=O) groups excluding carboxylic acids is 1. The first-order valence-electron chi connectivity index (χ1n) is 9.92. The molecule has 0 spiro atoms. The van der Waals surface area contributed by atoms with E-state index in [1.54, 1.807) is 12.1 Å². The molecule has 1 aromatic heterocycles. The fourth-order valence-electron chi connectivity index (χ4n) is 3.06. The molecule has 5 nitrogen and oxygen atoms in total. The van der Waals surface area contributed by atoms with Gasteiger partial charge >= 0.3 is 0 Å². The van der Waals surface area contributed by atoms with Crippen LogP contribution in [0.15, 0.2) is 47.6 Å². The maximum Gasteiger partial charge on any atom is 0.234 e. The van der Waals surface area contributed by atoms with E-state index >= 15 is 0 Å². The fraction of sp³-hybridized carbons (Fsp3) is 0.348. The third kappa shape index (κ3) is 5.24. The van der Waals surface area contributed by atoms with Gasteiger partial charge in [-0.15, -0.1) is 10.2 Å². The van der Waals surface area contributed by atoms with E-state index in [2.05, 4.69) is 67.5 Å². The van der Waals surface area contributed by atoms with Crippen molar-refractivity contribution in [2.45, 2.75) is 51.7 Å². The summed E-state index contributed by atoms with van der Waals surface area (Å²) in [4.78, 5) is 12.4. The number of thioether (sulfide) groups is 1. The summed E-state index contributed by atoms with van der Waals surface area (Å²) in [5.41, 5.74) is 4.09. The maximum atomic E-state index is 12.4. The lowest BCUT2D eigenvalue weighted by molar-refractivity contribution is -0.113. The van der Waals surface area contributed by atoms with Crippen molar-refractivity contribution in [2.75, 3.05) is 11.1 Å². The average Bonchev–Trinajstić information content (AvgIpc) is 3.11. The number of hydrogen-bond acceptors (Lipinski definition) is 4. The Morgan fingerprint density at radius 2 is 1.83 bits per heavy atom. The van der Waals surface area contributed by atoms with Crippen LogP contribution in [0.4, 0.5) is 5.69 Å². The highest BCUT2D eigenvalue weighted by atomic mass is 35.5. The predicted octanol–water partition coefficient (Wildman–Crippen LogP) is 5.96. The molecule has 30 heavy (non-hydrogen) atoms. The summed E-state index contributed by atoms with van der Waals surface area (Å²) < 4.78 is 2.04. The molecular weight excluding hydrogens is 416 g/mol. The minimum absolute atomic E-state index is 0.104. The van der Waals surface area contributed by atoms with Gasteiger partial charge in [-0.2, -0.15) is 0 Å². The Balaban J connectivity index is 1.71. The lowest BCUT2D eigenvalue weighted by Gasteiger charge is -2.19. The van der Waals surface area contributed by atoms with Crippen LogP contribution in [0, 0.1) is 6.92 Å². The molecule has 158 valence electrons. The number of anilines is 1. The standard InChI is InChI=1S/C23H27ClN4OS/c1-6-28-21(16-8-10-17(11-9-16)23(3,4)5)26-27-22(28)30-14-20(29)25-19-13-18(24)12-7-15(19)2/h7-13H,6,14H2,1-5H3,(H,25,29). The summed E-state index contributed by atoms with van der Waals surface area (Å²) in [6, 6.07) is 13.9. The zero-order valence-electron chi connectivity index (χ0n) is 18.0. The van der Waals surface area contributed by atoms with E-state index in [4.69, 9.17) is 11.6 Å². The van der Waals surface area contributed by atoms with Crippen LogP contribution in [0.3, 0.4) is 0 Å². The van der Waals surface area contributed by atoms with Gasteiger partial charge in [0, 0.05) is 22.8 Å². The number of hydrogen-bond donors (Lipinski definition) is 1. The number of rotatable bonds is 6. The van der Waals surface area contributed by atoms with E-state index in [0.717, 1.165) is 34.3 Å². The smallest absolute Gasteiger partial charge is 0.234 e. The second-order valence-corrected chi connectivity index (χ2v) is 9.55. The summed E-state index contributed by atoms with van der Waals surface area (Å²) in [5, 5.41) is 12.9. The molecule has 0 saturated heterocycles. The highest BCUT2D eigenvalue weighted by Crippen LogP contribution is 2.28. The van der Waals surface area contributed by atoms with E-state index in [1.807, 2.05) is 17.6 Å². The Bertz CT molecular complexity index is 1040. The van der Waals surface area contributed by atoms with Gasteiger partial charge in [-0.1, -0.05) is 74.5 Å². The summed E-state index contributed by atoms with van der Waals surface area (Å²) in [7, 11) is 0. The Morgan fingerprint density at radius 3 is 2.47 bits per heavy atom. The molecule has 7 heteroatoms. The quantitative estimate of drug-likeness (QED) is 0.479. The van der Waals surface area contributed by atoms with Crippen molar-refractivity contribution in [3.8, 4) is 11.4 Å². The van der Waals surface area contributed by atoms with Gasteiger partial charge in [0.1, 0.15) is 0 Å². The monoisotopic (exact) mass is 442 g/mol. The molecule has 0 unspecified atom stereocenters. The molecule has 1 heterocycles. The predicted molar refractivity (Wildman–Crippen MR) is 125 cm³/mol. The molecule has 3 aromatic rings. The van der Waals surface area contributed by atoms with Gasteiger partial charge < -0.3 is 9.88 Å². The summed E-state index contributed by atoms with van der Waals surface area (Å²) in [6.07, 6.45) is 0. The number of aryl methyl sites for hydroxylation is 1. The van der Waals surface area contributed by atoms with Crippen molar-refractivity contribution in [1.29, 1.82) is 0 Å². The number of nitrogens with one attached hydrogen (secondary N) is 1. The van der Waals surface area contributed by atoms with Crippen molar-refractivity contribution < 1.29 is 4.79 Å². The lowest BCUT2D eigenvalue weighted by Crippen LogP contribution is -2.15. The van der Waals surface area contributed by atoms with Gasteiger partial charge in [0.25, 0.3) is 0 Å². The van der Waals surface area contributed by atoms with Crippen molar-refractivity contribution in [2.24, 2.45) is 0 Å². The maximum absolute atomic E-state index is 12.4. The highest BCUT2D eigenvalue weighted by Gasteiger charge is 2.17. The van der Waals surface area contributed by atoms with Crippen LogP contribution in [0.1, 0.15) is 38.8 Å². The molecule has 0 fully saturated rings. The summed E-state index contributed by atoms with van der Waals surface area (Å²) >= 11 is 7.41. The van der Waals surface area contributed by atoms with Crippen LogP contribution in [0.2, 0.25) is 5.02 Å². The molecule has 0 atom stereocenters. The molecule has 2 aromatic carbocycles. The summed E-state index contributed by atoms with van der Waals surface area (Å²) in [6.45, 7) is 11.3. The number of nitrogens with zero attached hydrogens (tertiary/aromatic N) is 3. The molecule has 0 aliphatic carbocycles. The zero-order valence-corrected chi connectivity index (χ0v) is 19.6. The van der Waals surface area contributed by atoms with Gasteiger partial charge in [-0.25, -0.2) is 0 Å². The molecule has 1 amide bonds. The van der Waals surface area contributed by atoms with E-state index < -0.39 is 0 Å². The minimum Gasteiger partial charge on any atom is -0.325 e. The van der Waals surface area contributed by atoms with E-state index in [1.165, 1.54) is 17.3 Å². The second kappa shape index (κ2) is 9.23. The van der Waals surface area contributed by atoms with Gasteiger partial charge in [-0.05, 0) is 42.5 Å². The first kappa shape index (κ1) is 22.4. The normalized spacial score (nSPS) is 11.5. The fourth-order valence-corrected chi connectivity index (χ4v) is 4.03. The summed E-state index contributed by atoms with van der Waals surface area (Å²) in [5.74, 6) is 0.950. The average molecular weight is 443 g/mol. The first-order chi connectivity index (χ1) is 14.2. The highest BCUT2D eigenvalue weighted by molar-refractivity contribution is 7.99. The Kier molecular flexibility index (Phi) is 6.88. The number of halogens is 1. The molecule has 1 N–H and O–H groups in total. The van der Waals surface area contributed by atoms with Gasteiger partial charge in [0.05, 0.1) is 5.75 Å². The van der Waals surface area contributed by atoms with Crippen LogP contribution in [-0.2, 0) is 16.8 Å². The van der Waals surface area contributed by atoms with Crippen LogP contribution < -0.4 is 5.32 Å². The SMILES string of the molecule is CCn1c(SCC(=O)Nc2cc(Cl)ccc2C)nnc1-c1ccc(C(C)(C)C)cc1. The van der Waals surface area contributed by atoms with Crippen LogP contribution in [0.5, 0.6) is 0 Å². The lowest BCUT2D eigenvalue weighted by atomic mass is 9.87. The van der Waals surface area contributed by atoms with Crippen molar-refractivity contribution in [3.05, 3.63) is 58.6 Å². The number of amides is 1. The van der Waals surface area contributed by atoms with Crippen LogP contribution in [0.25, 0.3) is 11.4 Å². The Morgan fingerprint density at radius 1 is 1.13 bits per heavy atom. The van der Waals surface area contributed by atoms with Crippen LogP contribution in [-0.4, -0.2) is 26.4 Å². The van der Waals surface area contributed by atoms with Gasteiger partial charge in [0.2, 0.25) is 5.91 Å². The van der Waals surface area contributed by atoms with Gasteiger partial charge in [0.15, 0.2) is 11.0 Å². The number of carbonyl (C=O) groups is 1. The molecule has 0 aliphatic rings. The topological polar surface area (TPSA) is 59.8 Å². The van der Waals surface area contributed by atoms with Gasteiger partial charge in [-0.3, -0.25) is 4.79 Å². The molecule has 0 radical (unpaired) electrons. The van der Waals surface area contributed by atoms with E-state index in [0.29, 0.717) is 5.02 Å². The molecule has 0 saturated carbocycles. The van der Waals surface area contributed by atoms with Crippen molar-refractivity contribution in [3.63, 3.8) is 0 Å². The van der Waals surface area contributed by atoms with E-state index in [9.17, 15) is 4.79 Å². The van der Waals surface area contributed by atoms with Crippen LogP contribution >= 0.6 is 23.4 Å². The number of benzene rings is 2. The number of aromatic nitrogens is 3. The molecule has 3 rings (SSSR count). The second-order valence-electron chi connectivity index (χ2n) is 8.17. The molecule has 0 aliphatic heterocycles. The molecular formula is C23H27ClN4OS. The minimum atomic E-state index is -0.105. The third-order valence-corrected chi connectivity index (χ3v) is 6.05. The molecule has 0 bridgehead atoms. The first-order valence-corrected chi connectivity index (χ1v) is 11.3. The van der Waals surface area contributed by atoms with Crippen molar-refractivity contribution >= 4 is 35.0 Å². The largest absolute Gasteiger partial charge is 0.325 e. The zero-order chi connectivity index (χ0) is 21.9.